The van der Waals surface area contributed by atoms with Gasteiger partial charge >= 0.3 is 5.97 Å². The number of rotatable bonds is 6. The molecule has 1 amide bonds. The molecule has 1 aromatic carbocycles. The van der Waals surface area contributed by atoms with Crippen LogP contribution in [0.3, 0.4) is 0 Å². The average Bonchev–Trinajstić information content (AvgIpc) is 2.74. The standard InChI is InChI=1S/C19H26N4O6/c1-2-29-19(25)16-13-15(23(26)27)3-4-17(16)21-5-7-22(8-6-21)18(24)14-20-9-11-28-12-10-20/h3-4,13H,2,5-12,14H2,1H3. The van der Waals surface area contributed by atoms with Crippen LogP contribution in [0.4, 0.5) is 11.4 Å². The Labute approximate surface area is 169 Å². The predicted molar refractivity (Wildman–Crippen MR) is 105 cm³/mol. The zero-order chi connectivity index (χ0) is 20.8. The number of amides is 1. The van der Waals surface area contributed by atoms with Gasteiger partial charge in [-0.1, -0.05) is 0 Å². The van der Waals surface area contributed by atoms with Crippen LogP contribution in [0.1, 0.15) is 17.3 Å². The number of piperazine rings is 1. The average molecular weight is 406 g/mol. The molecule has 3 rings (SSSR count). The molecule has 0 spiro atoms. The lowest BCUT2D eigenvalue weighted by molar-refractivity contribution is -0.384. The van der Waals surface area contributed by atoms with E-state index in [9.17, 15) is 19.7 Å². The molecule has 1 aromatic rings. The summed E-state index contributed by atoms with van der Waals surface area (Å²) in [5, 5.41) is 11.1. The second-order valence-electron chi connectivity index (χ2n) is 6.94. The van der Waals surface area contributed by atoms with Gasteiger partial charge in [-0.2, -0.15) is 0 Å². The number of benzene rings is 1. The third-order valence-electron chi connectivity index (χ3n) is 5.12. The van der Waals surface area contributed by atoms with Crippen molar-refractivity contribution in [1.29, 1.82) is 0 Å². The molecular formula is C19H26N4O6. The predicted octanol–water partition coefficient (Wildman–Crippen LogP) is 0.752. The van der Waals surface area contributed by atoms with E-state index in [1.165, 1.54) is 12.1 Å². The second kappa shape index (κ2) is 9.66. The number of nitro benzene ring substituents is 1. The van der Waals surface area contributed by atoms with Gasteiger partial charge in [-0.15, -0.1) is 0 Å². The molecule has 2 fully saturated rings. The molecule has 2 aliphatic heterocycles. The van der Waals surface area contributed by atoms with Crippen molar-refractivity contribution in [3.05, 3.63) is 33.9 Å². The Balaban J connectivity index is 1.65. The van der Waals surface area contributed by atoms with Crippen molar-refractivity contribution < 1.29 is 24.0 Å². The minimum absolute atomic E-state index is 0.0841. The molecule has 0 saturated carbocycles. The van der Waals surface area contributed by atoms with Crippen LogP contribution in [-0.4, -0.2) is 92.2 Å². The van der Waals surface area contributed by atoms with Gasteiger partial charge in [0.15, 0.2) is 0 Å². The van der Waals surface area contributed by atoms with E-state index in [4.69, 9.17) is 9.47 Å². The quantitative estimate of drug-likeness (QED) is 0.387. The minimum atomic E-state index is -0.586. The van der Waals surface area contributed by atoms with Gasteiger partial charge in [0.25, 0.3) is 5.69 Å². The maximum Gasteiger partial charge on any atom is 0.340 e. The molecule has 0 bridgehead atoms. The lowest BCUT2D eigenvalue weighted by atomic mass is 10.1. The Morgan fingerprint density at radius 2 is 1.83 bits per heavy atom. The highest BCUT2D eigenvalue weighted by Crippen LogP contribution is 2.27. The molecule has 29 heavy (non-hydrogen) atoms. The van der Waals surface area contributed by atoms with Crippen molar-refractivity contribution in [1.82, 2.24) is 9.80 Å². The van der Waals surface area contributed by atoms with Gasteiger partial charge in [-0.3, -0.25) is 19.8 Å². The van der Waals surface area contributed by atoms with E-state index in [-0.39, 0.29) is 23.8 Å². The van der Waals surface area contributed by atoms with Crippen LogP contribution >= 0.6 is 0 Å². The molecule has 0 radical (unpaired) electrons. The lowest BCUT2D eigenvalue weighted by Gasteiger charge is -2.37. The summed E-state index contributed by atoms with van der Waals surface area (Å²) < 4.78 is 10.4. The van der Waals surface area contributed by atoms with Crippen LogP contribution in [0.2, 0.25) is 0 Å². The first-order valence-corrected chi connectivity index (χ1v) is 9.78. The first kappa shape index (κ1) is 21.0. The Morgan fingerprint density at radius 3 is 2.45 bits per heavy atom. The van der Waals surface area contributed by atoms with Crippen molar-refractivity contribution in [2.75, 3.05) is 70.5 Å². The molecule has 10 heteroatoms. The lowest BCUT2D eigenvalue weighted by Crippen LogP contribution is -2.52. The van der Waals surface area contributed by atoms with Crippen LogP contribution in [-0.2, 0) is 14.3 Å². The molecule has 0 aromatic heterocycles. The summed E-state index contributed by atoms with van der Waals surface area (Å²) in [6.07, 6.45) is 0. The molecule has 2 aliphatic rings. The third kappa shape index (κ3) is 5.21. The third-order valence-corrected chi connectivity index (χ3v) is 5.12. The summed E-state index contributed by atoms with van der Waals surface area (Å²) in [6.45, 7) is 7.22. The van der Waals surface area contributed by atoms with Crippen molar-refractivity contribution >= 4 is 23.3 Å². The largest absolute Gasteiger partial charge is 0.462 e. The Bertz CT molecular complexity index is 757. The number of non-ortho nitro benzene ring substituents is 1. The molecule has 0 aliphatic carbocycles. The number of carbonyl (C=O) groups excluding carboxylic acids is 2. The fourth-order valence-electron chi connectivity index (χ4n) is 3.53. The summed E-state index contributed by atoms with van der Waals surface area (Å²) in [5.41, 5.74) is 0.611. The first-order chi connectivity index (χ1) is 14.0. The normalized spacial score (nSPS) is 17.8. The molecule has 0 atom stereocenters. The zero-order valence-electron chi connectivity index (χ0n) is 16.5. The number of hydrogen-bond acceptors (Lipinski definition) is 8. The molecule has 2 heterocycles. The second-order valence-corrected chi connectivity index (χ2v) is 6.94. The van der Waals surface area contributed by atoms with Gasteiger partial charge in [0, 0.05) is 51.4 Å². The van der Waals surface area contributed by atoms with E-state index in [0.717, 1.165) is 13.1 Å². The topological polar surface area (TPSA) is 105 Å². The fourth-order valence-corrected chi connectivity index (χ4v) is 3.53. The minimum Gasteiger partial charge on any atom is -0.462 e. The van der Waals surface area contributed by atoms with Crippen LogP contribution in [0.25, 0.3) is 0 Å². The van der Waals surface area contributed by atoms with Crippen LogP contribution < -0.4 is 4.90 Å². The fraction of sp³-hybridized carbons (Fsp3) is 0.579. The smallest absolute Gasteiger partial charge is 0.340 e. The van der Waals surface area contributed by atoms with Gasteiger partial charge in [0.05, 0.1) is 42.5 Å². The van der Waals surface area contributed by atoms with Gasteiger partial charge in [-0.25, -0.2) is 4.79 Å². The van der Waals surface area contributed by atoms with Crippen LogP contribution in [0.15, 0.2) is 18.2 Å². The van der Waals surface area contributed by atoms with Crippen molar-refractivity contribution in [3.8, 4) is 0 Å². The number of nitrogens with zero attached hydrogens (tertiary/aromatic N) is 4. The maximum absolute atomic E-state index is 12.6. The highest BCUT2D eigenvalue weighted by atomic mass is 16.6. The summed E-state index contributed by atoms with van der Waals surface area (Å²) in [4.78, 5) is 41.3. The zero-order valence-corrected chi connectivity index (χ0v) is 16.5. The molecule has 2 saturated heterocycles. The number of morpholine rings is 1. The molecule has 158 valence electrons. The van der Waals surface area contributed by atoms with Crippen LogP contribution in [0, 0.1) is 10.1 Å². The number of esters is 1. The van der Waals surface area contributed by atoms with E-state index in [2.05, 4.69) is 4.90 Å². The van der Waals surface area contributed by atoms with Gasteiger partial charge in [0.2, 0.25) is 5.91 Å². The summed E-state index contributed by atoms with van der Waals surface area (Å²) >= 11 is 0. The Hall–Kier alpha value is -2.72. The van der Waals surface area contributed by atoms with E-state index in [0.29, 0.717) is 51.6 Å². The van der Waals surface area contributed by atoms with Gasteiger partial charge in [0.1, 0.15) is 0 Å². The van der Waals surface area contributed by atoms with Gasteiger partial charge in [-0.05, 0) is 13.0 Å². The Kier molecular flexibility index (Phi) is 6.99. The number of anilines is 1. The van der Waals surface area contributed by atoms with E-state index in [1.807, 2.05) is 9.80 Å². The molecule has 0 unspecified atom stereocenters. The van der Waals surface area contributed by atoms with Crippen molar-refractivity contribution in [3.63, 3.8) is 0 Å². The molecular weight excluding hydrogens is 380 g/mol. The van der Waals surface area contributed by atoms with Gasteiger partial charge < -0.3 is 19.3 Å². The van der Waals surface area contributed by atoms with E-state index < -0.39 is 10.9 Å². The number of carbonyl (C=O) groups is 2. The van der Waals surface area contributed by atoms with Crippen LogP contribution in [0.5, 0.6) is 0 Å². The first-order valence-electron chi connectivity index (χ1n) is 9.78. The Morgan fingerprint density at radius 1 is 1.14 bits per heavy atom. The monoisotopic (exact) mass is 406 g/mol. The summed E-state index contributed by atoms with van der Waals surface area (Å²) in [6, 6.07) is 4.22. The van der Waals surface area contributed by atoms with Crippen molar-refractivity contribution in [2.45, 2.75) is 6.92 Å². The number of hydrogen-bond donors (Lipinski definition) is 0. The van der Waals surface area contributed by atoms with E-state index in [1.54, 1.807) is 13.0 Å². The highest BCUT2D eigenvalue weighted by Gasteiger charge is 2.27. The van der Waals surface area contributed by atoms with E-state index >= 15 is 0 Å². The highest BCUT2D eigenvalue weighted by molar-refractivity contribution is 5.96. The summed E-state index contributed by atoms with van der Waals surface area (Å²) in [5.74, 6) is -0.502. The molecule has 10 nitrogen and oxygen atoms in total. The summed E-state index contributed by atoms with van der Waals surface area (Å²) in [7, 11) is 0. The molecule has 0 N–H and O–H groups in total. The number of ether oxygens (including phenoxy) is 2. The number of nitro groups is 1. The SMILES string of the molecule is CCOC(=O)c1cc([N+](=O)[O-])ccc1N1CCN(C(=O)CN2CCOCC2)CC1. The van der Waals surface area contributed by atoms with Crippen molar-refractivity contribution in [2.24, 2.45) is 0 Å². The maximum atomic E-state index is 12.6.